The van der Waals surface area contributed by atoms with E-state index < -0.39 is 32.5 Å². The summed E-state index contributed by atoms with van der Waals surface area (Å²) in [5, 5.41) is 4.37. The van der Waals surface area contributed by atoms with Crippen LogP contribution >= 0.6 is 27.5 Å². The number of benzene rings is 4. The summed E-state index contributed by atoms with van der Waals surface area (Å²) in [4.78, 5) is 13.1. The van der Waals surface area contributed by atoms with Gasteiger partial charge >= 0.3 is 0 Å². The van der Waals surface area contributed by atoms with Gasteiger partial charge in [0.2, 0.25) is 20.0 Å². The molecule has 1 N–H and O–H groups in total. The zero-order valence-electron chi connectivity index (χ0n) is 26.2. The van der Waals surface area contributed by atoms with Gasteiger partial charge in [-0.2, -0.15) is 13.7 Å². The van der Waals surface area contributed by atoms with Crippen LogP contribution in [-0.2, 0) is 44.5 Å². The van der Waals surface area contributed by atoms with Gasteiger partial charge in [0.05, 0.1) is 29.1 Å². The number of nitrogens with zero attached hydrogens (tertiary/aromatic N) is 3. The fraction of sp³-hybridized carbons (Fsp3) is 0.143. The molecule has 4 aromatic carbocycles. The topological polar surface area (TPSA) is 129 Å². The standard InChI is InChI=1S/C35H32BrClN4O6S2/c1-26-7-9-28(10-8-26)23-40(48(43,44)34-19-13-30(37)14-20-34)24-32-16-15-31(47-32)21-38-39-35(42)25-41(22-27-5-3-2-4-6-27)49(45,46)33-17-11-29(36)12-18-33/h2-21H,22-25H2,1H3,(H,39,42)/b38-21-. The van der Waals surface area contributed by atoms with Gasteiger partial charge in [-0.25, -0.2) is 22.3 Å². The molecule has 49 heavy (non-hydrogen) atoms. The molecule has 0 spiro atoms. The number of hydrogen-bond donors (Lipinski definition) is 1. The highest BCUT2D eigenvalue weighted by Gasteiger charge is 2.28. The molecule has 0 aliphatic rings. The number of furan rings is 1. The summed E-state index contributed by atoms with van der Waals surface area (Å²) in [7, 11) is -7.98. The maximum atomic E-state index is 13.7. The second-order valence-electron chi connectivity index (χ2n) is 11.0. The van der Waals surface area contributed by atoms with Crippen molar-refractivity contribution in [3.63, 3.8) is 0 Å². The van der Waals surface area contributed by atoms with Crippen molar-refractivity contribution in [3.05, 3.63) is 153 Å². The second kappa shape index (κ2) is 16.1. The van der Waals surface area contributed by atoms with Crippen molar-refractivity contribution in [1.82, 2.24) is 14.0 Å². The summed E-state index contributed by atoms with van der Waals surface area (Å²) >= 11 is 9.31. The van der Waals surface area contributed by atoms with Crippen molar-refractivity contribution in [3.8, 4) is 0 Å². The van der Waals surface area contributed by atoms with Crippen molar-refractivity contribution in [2.24, 2.45) is 5.10 Å². The minimum Gasteiger partial charge on any atom is -0.459 e. The normalized spacial score (nSPS) is 12.2. The lowest BCUT2D eigenvalue weighted by molar-refractivity contribution is -0.121. The van der Waals surface area contributed by atoms with Gasteiger partial charge in [0.25, 0.3) is 5.91 Å². The number of rotatable bonds is 14. The summed E-state index contributed by atoms with van der Waals surface area (Å²) in [6.45, 7) is 1.43. The van der Waals surface area contributed by atoms with Gasteiger partial charge in [-0.15, -0.1) is 0 Å². The Morgan fingerprint density at radius 2 is 1.33 bits per heavy atom. The smallest absolute Gasteiger partial charge is 0.255 e. The minimum absolute atomic E-state index is 0.0318. The van der Waals surface area contributed by atoms with Crippen molar-refractivity contribution < 1.29 is 26.0 Å². The van der Waals surface area contributed by atoms with Crippen LogP contribution in [0.15, 0.2) is 139 Å². The van der Waals surface area contributed by atoms with E-state index in [9.17, 15) is 21.6 Å². The van der Waals surface area contributed by atoms with Crippen molar-refractivity contribution >= 4 is 59.7 Å². The van der Waals surface area contributed by atoms with E-state index in [2.05, 4.69) is 26.5 Å². The third-order valence-electron chi connectivity index (χ3n) is 7.30. The number of halogens is 2. The summed E-state index contributed by atoms with van der Waals surface area (Å²) in [6, 6.07) is 31.8. The van der Waals surface area contributed by atoms with Crippen LogP contribution in [0.5, 0.6) is 0 Å². The molecule has 1 heterocycles. The van der Waals surface area contributed by atoms with Crippen molar-refractivity contribution in [1.29, 1.82) is 0 Å². The Kier molecular flexibility index (Phi) is 11.9. The van der Waals surface area contributed by atoms with Crippen molar-refractivity contribution in [2.45, 2.75) is 36.3 Å². The van der Waals surface area contributed by atoms with Crippen LogP contribution in [0.3, 0.4) is 0 Å². The fourth-order valence-corrected chi connectivity index (χ4v) is 7.90. The number of nitrogens with one attached hydrogen (secondary N) is 1. The molecule has 0 saturated carbocycles. The van der Waals surface area contributed by atoms with E-state index in [-0.39, 0.29) is 35.2 Å². The Bertz CT molecular complexity index is 2130. The SMILES string of the molecule is Cc1ccc(CN(Cc2ccc(/C=N\NC(=O)CN(Cc3ccccc3)S(=O)(=O)c3ccc(Br)cc3)o2)S(=O)(=O)c2ccc(Cl)cc2)cc1. The average molecular weight is 784 g/mol. The van der Waals surface area contributed by atoms with Crippen molar-refractivity contribution in [2.75, 3.05) is 6.54 Å². The molecular formula is C35H32BrClN4O6S2. The lowest BCUT2D eigenvalue weighted by Crippen LogP contribution is -2.39. The number of aryl methyl sites for hydroxylation is 1. The van der Waals surface area contributed by atoms with Crippen LogP contribution in [0.4, 0.5) is 0 Å². The number of carbonyl (C=O) groups is 1. The molecule has 1 aromatic heterocycles. The minimum atomic E-state index is -4.03. The van der Waals surface area contributed by atoms with E-state index in [4.69, 9.17) is 16.0 Å². The molecule has 14 heteroatoms. The van der Waals surface area contributed by atoms with Gasteiger partial charge in [0.1, 0.15) is 11.5 Å². The molecule has 0 aliphatic carbocycles. The molecule has 0 fully saturated rings. The quantitative estimate of drug-likeness (QED) is 0.0982. The first kappa shape index (κ1) is 36.2. The molecule has 254 valence electrons. The van der Waals surface area contributed by atoms with Gasteiger partial charge in [-0.3, -0.25) is 4.79 Å². The predicted octanol–water partition coefficient (Wildman–Crippen LogP) is 6.74. The maximum absolute atomic E-state index is 13.7. The lowest BCUT2D eigenvalue weighted by atomic mass is 10.1. The Morgan fingerprint density at radius 3 is 1.98 bits per heavy atom. The molecule has 5 aromatic rings. The van der Waals surface area contributed by atoms with Crippen LogP contribution in [0.25, 0.3) is 0 Å². The third-order valence-corrected chi connectivity index (χ3v) is 11.7. The van der Waals surface area contributed by atoms with Gasteiger partial charge < -0.3 is 4.42 Å². The number of amides is 1. The molecule has 0 saturated heterocycles. The van der Waals surface area contributed by atoms with Gasteiger partial charge in [-0.05, 0) is 78.7 Å². The van der Waals surface area contributed by atoms with E-state index in [1.54, 1.807) is 48.5 Å². The monoisotopic (exact) mass is 782 g/mol. The lowest BCUT2D eigenvalue weighted by Gasteiger charge is -2.21. The highest BCUT2D eigenvalue weighted by atomic mass is 79.9. The molecule has 1 amide bonds. The molecule has 5 rings (SSSR count). The van der Waals surface area contributed by atoms with Crippen LogP contribution in [0, 0.1) is 6.92 Å². The van der Waals surface area contributed by atoms with Crippen LogP contribution in [0.2, 0.25) is 5.02 Å². The zero-order valence-corrected chi connectivity index (χ0v) is 30.2. The van der Waals surface area contributed by atoms with E-state index in [1.807, 2.05) is 37.3 Å². The largest absolute Gasteiger partial charge is 0.459 e. The Hall–Kier alpha value is -4.11. The number of sulfonamides is 2. The van der Waals surface area contributed by atoms with E-state index in [0.29, 0.717) is 16.3 Å². The third kappa shape index (κ3) is 9.75. The summed E-state index contributed by atoms with van der Waals surface area (Å²) < 4.78 is 63.3. The molecular weight excluding hydrogens is 752 g/mol. The van der Waals surface area contributed by atoms with Gasteiger partial charge in [-0.1, -0.05) is 87.7 Å². The second-order valence-corrected chi connectivity index (χ2v) is 16.3. The van der Waals surface area contributed by atoms with Crippen LogP contribution < -0.4 is 5.43 Å². The van der Waals surface area contributed by atoms with Gasteiger partial charge in [0, 0.05) is 22.6 Å². The summed E-state index contributed by atoms with van der Waals surface area (Å²) in [5.74, 6) is -0.0804. The summed E-state index contributed by atoms with van der Waals surface area (Å²) in [5.41, 5.74) is 4.91. The maximum Gasteiger partial charge on any atom is 0.255 e. The Balaban J connectivity index is 1.28. The first-order valence-electron chi connectivity index (χ1n) is 14.9. The molecule has 0 radical (unpaired) electrons. The number of hydrogen-bond acceptors (Lipinski definition) is 7. The average Bonchev–Trinajstić information content (AvgIpc) is 3.53. The Labute approximate surface area is 299 Å². The summed E-state index contributed by atoms with van der Waals surface area (Å²) in [6.07, 6.45) is 1.25. The number of carbonyl (C=O) groups excluding carboxylic acids is 1. The molecule has 0 unspecified atom stereocenters. The van der Waals surface area contributed by atoms with Crippen LogP contribution in [0.1, 0.15) is 28.2 Å². The predicted molar refractivity (Wildman–Crippen MR) is 192 cm³/mol. The molecule has 0 aliphatic heterocycles. The molecule has 10 nitrogen and oxygen atoms in total. The first-order valence-corrected chi connectivity index (χ1v) is 19.0. The number of hydrazone groups is 1. The van der Waals surface area contributed by atoms with Crippen LogP contribution in [-0.4, -0.2) is 44.1 Å². The zero-order chi connectivity index (χ0) is 35.0. The van der Waals surface area contributed by atoms with E-state index in [1.165, 1.54) is 46.9 Å². The van der Waals surface area contributed by atoms with E-state index in [0.717, 1.165) is 19.9 Å². The molecule has 0 bridgehead atoms. The molecule has 0 atom stereocenters. The van der Waals surface area contributed by atoms with Gasteiger partial charge in [0.15, 0.2) is 0 Å². The van der Waals surface area contributed by atoms with E-state index >= 15 is 0 Å². The highest BCUT2D eigenvalue weighted by molar-refractivity contribution is 9.10. The fourth-order valence-electron chi connectivity index (χ4n) is 4.73. The Morgan fingerprint density at radius 1 is 0.755 bits per heavy atom. The highest BCUT2D eigenvalue weighted by Crippen LogP contribution is 2.24. The first-order chi connectivity index (χ1) is 23.4.